The quantitative estimate of drug-likeness (QED) is 0.825. The van der Waals surface area contributed by atoms with Crippen molar-refractivity contribution in [2.45, 2.75) is 20.2 Å². The van der Waals surface area contributed by atoms with Crippen LogP contribution in [0.15, 0.2) is 36.4 Å². The van der Waals surface area contributed by atoms with E-state index in [9.17, 15) is 13.2 Å². The van der Waals surface area contributed by atoms with Gasteiger partial charge in [-0.25, -0.2) is 0 Å². The van der Waals surface area contributed by atoms with Crippen molar-refractivity contribution in [1.82, 2.24) is 0 Å². The van der Waals surface area contributed by atoms with Gasteiger partial charge in [0.1, 0.15) is 5.75 Å². The molecule has 2 N–H and O–H groups in total. The molecule has 106 valence electrons. The van der Waals surface area contributed by atoms with Crippen molar-refractivity contribution < 1.29 is 17.9 Å². The highest BCUT2D eigenvalue weighted by molar-refractivity contribution is 5.75. The topological polar surface area (TPSA) is 35.2 Å². The first kappa shape index (κ1) is 14.2. The van der Waals surface area contributed by atoms with E-state index < -0.39 is 6.36 Å². The minimum absolute atomic E-state index is 0.220. The molecule has 0 aliphatic heterocycles. The van der Waals surface area contributed by atoms with E-state index in [0.717, 1.165) is 11.1 Å². The van der Waals surface area contributed by atoms with Gasteiger partial charge in [0, 0.05) is 17.3 Å². The van der Waals surface area contributed by atoms with E-state index in [1.807, 2.05) is 26.0 Å². The molecule has 20 heavy (non-hydrogen) atoms. The summed E-state index contributed by atoms with van der Waals surface area (Å²) in [7, 11) is 0. The van der Waals surface area contributed by atoms with E-state index in [2.05, 4.69) is 4.74 Å². The monoisotopic (exact) mass is 281 g/mol. The SMILES string of the molecule is Cc1ccc(-c2ccc(N)cc2OC(F)(F)F)c(C)c1. The third-order valence-electron chi connectivity index (χ3n) is 2.90. The second-order valence-corrected chi connectivity index (χ2v) is 4.62. The van der Waals surface area contributed by atoms with E-state index in [0.29, 0.717) is 11.1 Å². The number of rotatable bonds is 2. The Morgan fingerprint density at radius 2 is 1.60 bits per heavy atom. The molecule has 0 aromatic heterocycles. The lowest BCUT2D eigenvalue weighted by molar-refractivity contribution is -0.274. The van der Waals surface area contributed by atoms with Crippen molar-refractivity contribution in [3.8, 4) is 16.9 Å². The molecule has 2 aromatic carbocycles. The molecule has 0 bridgehead atoms. The second kappa shape index (κ2) is 5.07. The third kappa shape index (κ3) is 3.23. The minimum atomic E-state index is -4.75. The molecule has 0 unspecified atom stereocenters. The third-order valence-corrected chi connectivity index (χ3v) is 2.90. The predicted octanol–water partition coefficient (Wildman–Crippen LogP) is 4.45. The first-order chi connectivity index (χ1) is 9.26. The molecule has 0 atom stereocenters. The Kier molecular flexibility index (Phi) is 3.61. The molecule has 0 spiro atoms. The van der Waals surface area contributed by atoms with Crippen LogP contribution < -0.4 is 10.5 Å². The molecule has 2 rings (SSSR count). The Bertz CT molecular complexity index is 636. The number of benzene rings is 2. The van der Waals surface area contributed by atoms with Gasteiger partial charge in [-0.15, -0.1) is 13.2 Å². The van der Waals surface area contributed by atoms with Crippen LogP contribution in [-0.4, -0.2) is 6.36 Å². The summed E-state index contributed by atoms with van der Waals surface area (Å²) in [4.78, 5) is 0. The summed E-state index contributed by atoms with van der Waals surface area (Å²) in [5.41, 5.74) is 8.74. The summed E-state index contributed by atoms with van der Waals surface area (Å²) in [6.07, 6.45) is -4.75. The zero-order valence-corrected chi connectivity index (χ0v) is 11.1. The van der Waals surface area contributed by atoms with Crippen molar-refractivity contribution >= 4 is 5.69 Å². The lowest BCUT2D eigenvalue weighted by Gasteiger charge is -2.15. The van der Waals surface area contributed by atoms with Crippen LogP contribution >= 0.6 is 0 Å². The molecule has 5 heteroatoms. The summed E-state index contributed by atoms with van der Waals surface area (Å²) in [5, 5.41) is 0. The van der Waals surface area contributed by atoms with Crippen molar-refractivity contribution in [1.29, 1.82) is 0 Å². The largest absolute Gasteiger partial charge is 0.573 e. The van der Waals surface area contributed by atoms with Crippen LogP contribution in [0, 0.1) is 13.8 Å². The van der Waals surface area contributed by atoms with Crippen molar-refractivity contribution in [2.75, 3.05) is 5.73 Å². The van der Waals surface area contributed by atoms with Gasteiger partial charge in [0.05, 0.1) is 0 Å². The van der Waals surface area contributed by atoms with E-state index in [1.54, 1.807) is 12.1 Å². The molecule has 0 amide bonds. The number of nitrogen functional groups attached to an aromatic ring is 1. The van der Waals surface area contributed by atoms with Crippen LogP contribution in [0.2, 0.25) is 0 Å². The van der Waals surface area contributed by atoms with Crippen molar-refractivity contribution in [3.05, 3.63) is 47.5 Å². The molecular formula is C15H14F3NO. The van der Waals surface area contributed by atoms with Gasteiger partial charge in [0.15, 0.2) is 0 Å². The Hall–Kier alpha value is -2.17. The summed E-state index contributed by atoms with van der Waals surface area (Å²) in [5.74, 6) is -0.288. The number of ether oxygens (including phenoxy) is 1. The van der Waals surface area contributed by atoms with Crippen LogP contribution in [-0.2, 0) is 0 Å². The lowest BCUT2D eigenvalue weighted by Crippen LogP contribution is -2.17. The summed E-state index contributed by atoms with van der Waals surface area (Å²) in [6.45, 7) is 3.77. The minimum Gasteiger partial charge on any atom is -0.405 e. The van der Waals surface area contributed by atoms with Crippen LogP contribution in [0.3, 0.4) is 0 Å². The smallest absolute Gasteiger partial charge is 0.405 e. The van der Waals surface area contributed by atoms with Gasteiger partial charge >= 0.3 is 6.36 Å². The fourth-order valence-corrected chi connectivity index (χ4v) is 2.09. The van der Waals surface area contributed by atoms with E-state index >= 15 is 0 Å². The van der Waals surface area contributed by atoms with Gasteiger partial charge in [-0.3, -0.25) is 0 Å². The van der Waals surface area contributed by atoms with Gasteiger partial charge in [-0.05, 0) is 37.1 Å². The lowest BCUT2D eigenvalue weighted by atomic mass is 9.98. The highest BCUT2D eigenvalue weighted by atomic mass is 19.4. The highest BCUT2D eigenvalue weighted by Gasteiger charge is 2.32. The number of aryl methyl sites for hydroxylation is 2. The average Bonchev–Trinajstić information content (AvgIpc) is 2.28. The fourth-order valence-electron chi connectivity index (χ4n) is 2.09. The summed E-state index contributed by atoms with van der Waals surface area (Å²) < 4.78 is 41.5. The number of alkyl halides is 3. The molecule has 0 aliphatic carbocycles. The van der Waals surface area contributed by atoms with Crippen LogP contribution in [0.5, 0.6) is 5.75 Å². The van der Waals surface area contributed by atoms with E-state index in [1.165, 1.54) is 12.1 Å². The van der Waals surface area contributed by atoms with Crippen LogP contribution in [0.1, 0.15) is 11.1 Å². The summed E-state index contributed by atoms with van der Waals surface area (Å²) in [6, 6.07) is 9.80. The maximum absolute atomic E-state index is 12.5. The summed E-state index contributed by atoms with van der Waals surface area (Å²) >= 11 is 0. The van der Waals surface area contributed by atoms with Gasteiger partial charge < -0.3 is 10.5 Å². The van der Waals surface area contributed by atoms with Gasteiger partial charge in [0.25, 0.3) is 0 Å². The molecule has 0 saturated carbocycles. The zero-order chi connectivity index (χ0) is 14.9. The van der Waals surface area contributed by atoms with Gasteiger partial charge in [-0.2, -0.15) is 0 Å². The standard InChI is InChI=1S/C15H14F3NO/c1-9-3-5-12(10(2)7-9)13-6-4-11(19)8-14(13)20-15(16,17)18/h3-8H,19H2,1-2H3. The maximum Gasteiger partial charge on any atom is 0.573 e. The number of anilines is 1. The Labute approximate surface area is 115 Å². The molecule has 0 fully saturated rings. The first-order valence-electron chi connectivity index (χ1n) is 5.99. The van der Waals surface area contributed by atoms with Gasteiger partial charge in [0.2, 0.25) is 0 Å². The predicted molar refractivity (Wildman–Crippen MR) is 72.4 cm³/mol. The van der Waals surface area contributed by atoms with Crippen molar-refractivity contribution in [2.24, 2.45) is 0 Å². The molecule has 0 radical (unpaired) electrons. The molecule has 2 aromatic rings. The molecule has 2 nitrogen and oxygen atoms in total. The fraction of sp³-hybridized carbons (Fsp3) is 0.200. The number of halogens is 3. The zero-order valence-electron chi connectivity index (χ0n) is 11.1. The van der Waals surface area contributed by atoms with E-state index in [4.69, 9.17) is 5.73 Å². The number of hydrogen-bond acceptors (Lipinski definition) is 2. The Morgan fingerprint density at radius 3 is 2.20 bits per heavy atom. The normalized spacial score (nSPS) is 11.4. The molecular weight excluding hydrogens is 267 g/mol. The van der Waals surface area contributed by atoms with Crippen molar-refractivity contribution in [3.63, 3.8) is 0 Å². The Morgan fingerprint density at radius 1 is 0.950 bits per heavy atom. The maximum atomic E-state index is 12.5. The van der Waals surface area contributed by atoms with E-state index in [-0.39, 0.29) is 11.4 Å². The van der Waals surface area contributed by atoms with Crippen LogP contribution in [0.4, 0.5) is 18.9 Å². The molecule has 0 aliphatic rings. The molecule has 0 saturated heterocycles. The molecule has 0 heterocycles. The first-order valence-corrected chi connectivity index (χ1v) is 5.99. The Balaban J connectivity index is 2.55. The van der Waals surface area contributed by atoms with Gasteiger partial charge in [-0.1, -0.05) is 23.8 Å². The number of nitrogens with two attached hydrogens (primary N) is 1. The number of hydrogen-bond donors (Lipinski definition) is 1. The average molecular weight is 281 g/mol. The highest BCUT2D eigenvalue weighted by Crippen LogP contribution is 2.37. The van der Waals surface area contributed by atoms with Crippen LogP contribution in [0.25, 0.3) is 11.1 Å². The second-order valence-electron chi connectivity index (χ2n) is 4.62.